The molecule has 1 aliphatic rings. The summed E-state index contributed by atoms with van der Waals surface area (Å²) in [5.41, 5.74) is 3.10. The third kappa shape index (κ3) is 2.33. The van der Waals surface area contributed by atoms with Crippen LogP contribution in [0.3, 0.4) is 0 Å². The summed E-state index contributed by atoms with van der Waals surface area (Å²) in [7, 11) is 0. The van der Waals surface area contributed by atoms with Crippen molar-refractivity contribution in [3.8, 4) is 0 Å². The fourth-order valence-corrected chi connectivity index (χ4v) is 3.23. The number of nitrogens with one attached hydrogen (secondary N) is 1. The van der Waals surface area contributed by atoms with Gasteiger partial charge in [-0.15, -0.1) is 11.6 Å². The van der Waals surface area contributed by atoms with Gasteiger partial charge in [0.1, 0.15) is 0 Å². The SMILES string of the molecule is CC1(C)C(=O)Nc2ccc(C(Cl)c3ccccc3Cl)cc21. The molecule has 1 amide bonds. The Morgan fingerprint density at radius 3 is 2.57 bits per heavy atom. The topological polar surface area (TPSA) is 29.1 Å². The Morgan fingerprint density at radius 1 is 1.14 bits per heavy atom. The minimum Gasteiger partial charge on any atom is -0.325 e. The summed E-state index contributed by atoms with van der Waals surface area (Å²) in [5, 5.41) is 3.20. The van der Waals surface area contributed by atoms with Crippen molar-refractivity contribution in [3.63, 3.8) is 0 Å². The third-order valence-corrected chi connectivity index (χ3v) is 4.84. The molecule has 0 bridgehead atoms. The maximum absolute atomic E-state index is 12.0. The standard InChI is InChI=1S/C17H15Cl2NO/c1-17(2)12-9-10(7-8-14(12)20-16(17)21)15(19)11-5-3-4-6-13(11)18/h3-9,15H,1-2H3,(H,20,21). The van der Waals surface area contributed by atoms with Crippen molar-refractivity contribution in [2.75, 3.05) is 5.32 Å². The van der Waals surface area contributed by atoms with Gasteiger partial charge in [0.15, 0.2) is 0 Å². The van der Waals surface area contributed by atoms with Crippen LogP contribution in [0.5, 0.6) is 0 Å². The van der Waals surface area contributed by atoms with E-state index < -0.39 is 5.41 Å². The summed E-state index contributed by atoms with van der Waals surface area (Å²) in [4.78, 5) is 12.0. The molecule has 2 nitrogen and oxygen atoms in total. The first kappa shape index (κ1) is 14.4. The number of rotatable bonds is 2. The number of amides is 1. The predicted molar refractivity (Wildman–Crippen MR) is 87.2 cm³/mol. The Labute approximate surface area is 134 Å². The molecular formula is C17H15Cl2NO. The molecule has 1 aliphatic heterocycles. The number of carbonyl (C=O) groups is 1. The fraction of sp³-hybridized carbons (Fsp3) is 0.235. The van der Waals surface area contributed by atoms with Crippen LogP contribution in [0.2, 0.25) is 5.02 Å². The Kier molecular flexibility index (Phi) is 3.46. The number of alkyl halides is 1. The normalized spacial score (nSPS) is 17.2. The molecule has 0 spiro atoms. The quantitative estimate of drug-likeness (QED) is 0.784. The molecule has 0 saturated heterocycles. The van der Waals surface area contributed by atoms with Crippen LogP contribution in [0.4, 0.5) is 5.69 Å². The maximum atomic E-state index is 12.0. The lowest BCUT2D eigenvalue weighted by Crippen LogP contribution is -2.26. The van der Waals surface area contributed by atoms with E-state index in [4.69, 9.17) is 23.2 Å². The van der Waals surface area contributed by atoms with E-state index in [2.05, 4.69) is 5.32 Å². The van der Waals surface area contributed by atoms with Gasteiger partial charge in [-0.1, -0.05) is 41.9 Å². The number of hydrogen-bond donors (Lipinski definition) is 1. The van der Waals surface area contributed by atoms with Gasteiger partial charge in [0.2, 0.25) is 5.91 Å². The van der Waals surface area contributed by atoms with Crippen LogP contribution in [0, 0.1) is 0 Å². The zero-order chi connectivity index (χ0) is 15.2. The van der Waals surface area contributed by atoms with E-state index in [1.807, 2.05) is 56.3 Å². The molecule has 1 N–H and O–H groups in total. The average Bonchev–Trinajstić information content (AvgIpc) is 2.69. The van der Waals surface area contributed by atoms with E-state index in [-0.39, 0.29) is 11.3 Å². The molecule has 0 aliphatic carbocycles. The van der Waals surface area contributed by atoms with Gasteiger partial charge in [0, 0.05) is 10.7 Å². The molecule has 2 aromatic rings. The van der Waals surface area contributed by atoms with E-state index in [1.165, 1.54) is 0 Å². The van der Waals surface area contributed by atoms with Gasteiger partial charge >= 0.3 is 0 Å². The largest absolute Gasteiger partial charge is 0.325 e. The Bertz CT molecular complexity index is 724. The Morgan fingerprint density at radius 2 is 1.86 bits per heavy atom. The van der Waals surface area contributed by atoms with Crippen molar-refractivity contribution < 1.29 is 4.79 Å². The highest BCUT2D eigenvalue weighted by Gasteiger charge is 2.38. The predicted octanol–water partition coefficient (Wildman–Crippen LogP) is 4.90. The van der Waals surface area contributed by atoms with Gasteiger partial charge in [0.25, 0.3) is 0 Å². The second-order valence-electron chi connectivity index (χ2n) is 5.77. The van der Waals surface area contributed by atoms with Gasteiger partial charge in [0.05, 0.1) is 10.8 Å². The van der Waals surface area contributed by atoms with Crippen LogP contribution in [0.25, 0.3) is 0 Å². The van der Waals surface area contributed by atoms with Crippen molar-refractivity contribution in [3.05, 3.63) is 64.2 Å². The Balaban J connectivity index is 2.05. The fourth-order valence-electron chi connectivity index (χ4n) is 2.61. The second-order valence-corrected chi connectivity index (χ2v) is 6.61. The van der Waals surface area contributed by atoms with Crippen LogP contribution in [0.15, 0.2) is 42.5 Å². The number of benzene rings is 2. The highest BCUT2D eigenvalue weighted by molar-refractivity contribution is 6.33. The van der Waals surface area contributed by atoms with E-state index in [0.717, 1.165) is 22.4 Å². The van der Waals surface area contributed by atoms with Crippen molar-refractivity contribution in [2.45, 2.75) is 24.6 Å². The zero-order valence-electron chi connectivity index (χ0n) is 11.8. The summed E-state index contributed by atoms with van der Waals surface area (Å²) in [6, 6.07) is 13.4. The van der Waals surface area contributed by atoms with E-state index in [0.29, 0.717) is 5.02 Å². The molecule has 0 fully saturated rings. The minimum absolute atomic E-state index is 0.0125. The first-order valence-electron chi connectivity index (χ1n) is 6.75. The molecule has 4 heteroatoms. The molecule has 0 saturated carbocycles. The summed E-state index contributed by atoms with van der Waals surface area (Å²) in [5.74, 6) is 0.0125. The summed E-state index contributed by atoms with van der Waals surface area (Å²) in [6.07, 6.45) is 0. The number of anilines is 1. The van der Waals surface area contributed by atoms with Gasteiger partial charge < -0.3 is 5.32 Å². The molecule has 0 aromatic heterocycles. The van der Waals surface area contributed by atoms with Crippen molar-refractivity contribution in [2.24, 2.45) is 0 Å². The first-order chi connectivity index (χ1) is 9.91. The number of halogens is 2. The second kappa shape index (κ2) is 5.04. The maximum Gasteiger partial charge on any atom is 0.234 e. The monoisotopic (exact) mass is 319 g/mol. The number of hydrogen-bond acceptors (Lipinski definition) is 1. The lowest BCUT2D eigenvalue weighted by molar-refractivity contribution is -0.119. The van der Waals surface area contributed by atoms with Crippen molar-refractivity contribution in [1.82, 2.24) is 0 Å². The highest BCUT2D eigenvalue weighted by atomic mass is 35.5. The van der Waals surface area contributed by atoms with Crippen LogP contribution in [0.1, 0.15) is 35.9 Å². The lowest BCUT2D eigenvalue weighted by atomic mass is 9.85. The molecule has 0 radical (unpaired) electrons. The molecule has 1 unspecified atom stereocenters. The molecular weight excluding hydrogens is 305 g/mol. The summed E-state index contributed by atoms with van der Waals surface area (Å²) < 4.78 is 0. The molecule has 21 heavy (non-hydrogen) atoms. The number of fused-ring (bicyclic) bond motifs is 1. The van der Waals surface area contributed by atoms with Crippen LogP contribution < -0.4 is 5.32 Å². The van der Waals surface area contributed by atoms with Gasteiger partial charge in [-0.2, -0.15) is 0 Å². The molecule has 1 atom stereocenters. The summed E-state index contributed by atoms with van der Waals surface area (Å²) >= 11 is 12.8. The lowest BCUT2D eigenvalue weighted by Gasteiger charge is -2.18. The minimum atomic E-state index is -0.539. The summed E-state index contributed by atoms with van der Waals surface area (Å²) in [6.45, 7) is 3.83. The third-order valence-electron chi connectivity index (χ3n) is 4.00. The average molecular weight is 320 g/mol. The van der Waals surface area contributed by atoms with E-state index >= 15 is 0 Å². The van der Waals surface area contributed by atoms with E-state index in [1.54, 1.807) is 0 Å². The molecule has 3 rings (SSSR count). The molecule has 2 aromatic carbocycles. The van der Waals surface area contributed by atoms with Crippen molar-refractivity contribution in [1.29, 1.82) is 0 Å². The molecule has 108 valence electrons. The van der Waals surface area contributed by atoms with Gasteiger partial charge in [-0.05, 0) is 42.7 Å². The van der Waals surface area contributed by atoms with Crippen LogP contribution >= 0.6 is 23.2 Å². The smallest absolute Gasteiger partial charge is 0.234 e. The Hall–Kier alpha value is -1.51. The highest BCUT2D eigenvalue weighted by Crippen LogP contribution is 2.41. The van der Waals surface area contributed by atoms with Gasteiger partial charge in [-0.25, -0.2) is 0 Å². The van der Waals surface area contributed by atoms with Gasteiger partial charge in [-0.3, -0.25) is 4.79 Å². The zero-order valence-corrected chi connectivity index (χ0v) is 13.3. The number of carbonyl (C=O) groups excluding carboxylic acids is 1. The van der Waals surface area contributed by atoms with Crippen LogP contribution in [-0.4, -0.2) is 5.91 Å². The first-order valence-corrected chi connectivity index (χ1v) is 7.57. The van der Waals surface area contributed by atoms with E-state index in [9.17, 15) is 4.79 Å². The van der Waals surface area contributed by atoms with Crippen molar-refractivity contribution >= 4 is 34.8 Å². The molecule has 1 heterocycles. The van der Waals surface area contributed by atoms with Crippen LogP contribution in [-0.2, 0) is 10.2 Å².